The van der Waals surface area contributed by atoms with Gasteiger partial charge in [0.15, 0.2) is 0 Å². The van der Waals surface area contributed by atoms with Gasteiger partial charge in [-0.1, -0.05) is 0 Å². The molecular weight excluding hydrogens is 126 g/mol. The van der Waals surface area contributed by atoms with Crippen LogP contribution in [0.3, 0.4) is 0 Å². The van der Waals surface area contributed by atoms with Crippen LogP contribution in [0, 0.1) is 6.92 Å². The molecule has 0 amide bonds. The van der Waals surface area contributed by atoms with Crippen molar-refractivity contribution in [3.63, 3.8) is 0 Å². The van der Waals surface area contributed by atoms with Gasteiger partial charge in [0.2, 0.25) is 0 Å². The predicted octanol–water partition coefficient (Wildman–Crippen LogP) is 2.03. The van der Waals surface area contributed by atoms with Gasteiger partial charge in [-0.05, 0) is 26.0 Å². The van der Waals surface area contributed by atoms with Crippen molar-refractivity contribution in [2.45, 2.75) is 13.8 Å². The Kier molecular flexibility index (Phi) is 1.90. The molecule has 2 heteroatoms. The third-order valence-corrected chi connectivity index (χ3v) is 1.43. The normalized spacial score (nSPS) is 12.1. The number of hydrogen-bond donors (Lipinski definition) is 0. The monoisotopic (exact) mass is 137 g/mol. The highest BCUT2D eigenvalue weighted by atomic mass is 16.3. The van der Waals surface area contributed by atoms with Crippen molar-refractivity contribution < 1.29 is 4.42 Å². The van der Waals surface area contributed by atoms with Crippen molar-refractivity contribution in [2.75, 3.05) is 7.05 Å². The first-order valence-corrected chi connectivity index (χ1v) is 3.24. The molecule has 0 aromatic carbocycles. The predicted molar refractivity (Wildman–Crippen MR) is 41.6 cm³/mol. The van der Waals surface area contributed by atoms with Crippen LogP contribution in [-0.2, 0) is 0 Å². The first-order chi connectivity index (χ1) is 4.74. The van der Waals surface area contributed by atoms with Gasteiger partial charge >= 0.3 is 0 Å². The maximum Gasteiger partial charge on any atom is 0.147 e. The minimum Gasteiger partial charge on any atom is -0.460 e. The van der Waals surface area contributed by atoms with E-state index in [9.17, 15) is 0 Å². The lowest BCUT2D eigenvalue weighted by Gasteiger charge is -1.90. The van der Waals surface area contributed by atoms with E-state index in [4.69, 9.17) is 4.42 Å². The Bertz CT molecular complexity index is 248. The maximum absolute atomic E-state index is 5.31. The lowest BCUT2D eigenvalue weighted by molar-refractivity contribution is 0.525. The highest BCUT2D eigenvalue weighted by molar-refractivity contribution is 5.96. The molecule has 0 fully saturated rings. The summed E-state index contributed by atoms with van der Waals surface area (Å²) in [5.74, 6) is 1.79. The van der Waals surface area contributed by atoms with Gasteiger partial charge in [-0.3, -0.25) is 4.99 Å². The van der Waals surface area contributed by atoms with Crippen LogP contribution in [0.5, 0.6) is 0 Å². The summed E-state index contributed by atoms with van der Waals surface area (Å²) in [5, 5.41) is 0. The van der Waals surface area contributed by atoms with E-state index in [-0.39, 0.29) is 0 Å². The number of furan rings is 1. The molecule has 0 atom stereocenters. The highest BCUT2D eigenvalue weighted by Crippen LogP contribution is 2.06. The third kappa shape index (κ3) is 1.26. The molecule has 1 aromatic heterocycles. The van der Waals surface area contributed by atoms with Crippen LogP contribution in [0.2, 0.25) is 0 Å². The van der Waals surface area contributed by atoms with E-state index in [2.05, 4.69) is 4.99 Å². The summed E-state index contributed by atoms with van der Waals surface area (Å²) < 4.78 is 5.31. The number of rotatable bonds is 1. The van der Waals surface area contributed by atoms with Crippen LogP contribution < -0.4 is 0 Å². The molecule has 0 aliphatic carbocycles. The second-order valence-corrected chi connectivity index (χ2v) is 2.22. The largest absolute Gasteiger partial charge is 0.460 e. The van der Waals surface area contributed by atoms with Gasteiger partial charge in [-0.15, -0.1) is 0 Å². The molecule has 0 saturated heterocycles. The molecule has 0 bridgehead atoms. The van der Waals surface area contributed by atoms with Crippen molar-refractivity contribution in [2.24, 2.45) is 4.99 Å². The Morgan fingerprint density at radius 3 is 2.60 bits per heavy atom. The Labute approximate surface area is 60.6 Å². The summed E-state index contributed by atoms with van der Waals surface area (Å²) in [5.41, 5.74) is 0.938. The summed E-state index contributed by atoms with van der Waals surface area (Å²) in [6, 6.07) is 3.86. The molecule has 0 aliphatic rings. The Hall–Kier alpha value is -1.05. The molecule has 0 N–H and O–H groups in total. The fourth-order valence-corrected chi connectivity index (χ4v) is 0.739. The lowest BCUT2D eigenvalue weighted by Crippen LogP contribution is -1.89. The fraction of sp³-hybridized carbons (Fsp3) is 0.375. The van der Waals surface area contributed by atoms with E-state index in [0.29, 0.717) is 0 Å². The van der Waals surface area contributed by atoms with E-state index in [1.165, 1.54) is 0 Å². The molecule has 0 saturated carbocycles. The number of aliphatic imine (C=N–C) groups is 1. The first kappa shape index (κ1) is 7.06. The molecule has 1 aromatic rings. The molecule has 10 heavy (non-hydrogen) atoms. The zero-order valence-corrected chi connectivity index (χ0v) is 6.51. The summed E-state index contributed by atoms with van der Waals surface area (Å²) in [6.45, 7) is 3.85. The van der Waals surface area contributed by atoms with Gasteiger partial charge in [0.25, 0.3) is 0 Å². The van der Waals surface area contributed by atoms with Crippen molar-refractivity contribution in [3.8, 4) is 0 Å². The first-order valence-electron chi connectivity index (χ1n) is 3.24. The maximum atomic E-state index is 5.31. The molecule has 2 nitrogen and oxygen atoms in total. The molecule has 54 valence electrons. The van der Waals surface area contributed by atoms with Crippen LogP contribution in [0.4, 0.5) is 0 Å². The summed E-state index contributed by atoms with van der Waals surface area (Å²) in [4.78, 5) is 3.99. The second kappa shape index (κ2) is 2.69. The van der Waals surface area contributed by atoms with Gasteiger partial charge in [-0.2, -0.15) is 0 Å². The standard InChI is InChI=1S/C8H11NO/c1-6-4-5-8(10-6)7(2)9-3/h4-5H,1-3H3. The van der Waals surface area contributed by atoms with Crippen LogP contribution in [0.15, 0.2) is 21.5 Å². The van der Waals surface area contributed by atoms with Gasteiger partial charge in [-0.25, -0.2) is 0 Å². The molecule has 1 rings (SSSR count). The molecular formula is C8H11NO. The van der Waals surface area contributed by atoms with Crippen molar-refractivity contribution in [1.29, 1.82) is 0 Å². The zero-order chi connectivity index (χ0) is 7.56. The van der Waals surface area contributed by atoms with E-state index in [1.807, 2.05) is 26.0 Å². The number of nitrogens with zero attached hydrogens (tertiary/aromatic N) is 1. The average molecular weight is 137 g/mol. The van der Waals surface area contributed by atoms with Crippen LogP contribution in [0.1, 0.15) is 18.4 Å². The zero-order valence-electron chi connectivity index (χ0n) is 6.51. The van der Waals surface area contributed by atoms with Crippen molar-refractivity contribution in [1.82, 2.24) is 0 Å². The van der Waals surface area contributed by atoms with E-state index in [1.54, 1.807) is 7.05 Å². The average Bonchev–Trinajstić information content (AvgIpc) is 2.34. The third-order valence-electron chi connectivity index (χ3n) is 1.43. The van der Waals surface area contributed by atoms with E-state index >= 15 is 0 Å². The van der Waals surface area contributed by atoms with Crippen molar-refractivity contribution >= 4 is 5.71 Å². The quantitative estimate of drug-likeness (QED) is 0.544. The lowest BCUT2D eigenvalue weighted by atomic mass is 10.3. The Morgan fingerprint density at radius 1 is 1.50 bits per heavy atom. The number of aryl methyl sites for hydroxylation is 1. The second-order valence-electron chi connectivity index (χ2n) is 2.22. The minimum absolute atomic E-state index is 0.861. The molecule has 0 unspecified atom stereocenters. The highest BCUT2D eigenvalue weighted by Gasteiger charge is 1.99. The minimum atomic E-state index is 0.861. The van der Waals surface area contributed by atoms with Crippen molar-refractivity contribution in [3.05, 3.63) is 23.7 Å². The van der Waals surface area contributed by atoms with E-state index < -0.39 is 0 Å². The van der Waals surface area contributed by atoms with Crippen LogP contribution >= 0.6 is 0 Å². The summed E-state index contributed by atoms with van der Waals surface area (Å²) >= 11 is 0. The smallest absolute Gasteiger partial charge is 0.147 e. The Morgan fingerprint density at radius 2 is 2.20 bits per heavy atom. The van der Waals surface area contributed by atoms with E-state index in [0.717, 1.165) is 17.2 Å². The molecule has 1 heterocycles. The Balaban J connectivity index is 2.95. The number of hydrogen-bond acceptors (Lipinski definition) is 2. The summed E-state index contributed by atoms with van der Waals surface area (Å²) in [6.07, 6.45) is 0. The van der Waals surface area contributed by atoms with Gasteiger partial charge < -0.3 is 4.42 Å². The summed E-state index contributed by atoms with van der Waals surface area (Å²) in [7, 11) is 1.76. The molecule has 0 radical (unpaired) electrons. The van der Waals surface area contributed by atoms with Crippen LogP contribution in [-0.4, -0.2) is 12.8 Å². The van der Waals surface area contributed by atoms with Gasteiger partial charge in [0, 0.05) is 7.05 Å². The fourth-order valence-electron chi connectivity index (χ4n) is 0.739. The van der Waals surface area contributed by atoms with Crippen LogP contribution in [0.25, 0.3) is 0 Å². The van der Waals surface area contributed by atoms with Gasteiger partial charge in [0.1, 0.15) is 11.5 Å². The topological polar surface area (TPSA) is 25.5 Å². The van der Waals surface area contributed by atoms with Gasteiger partial charge in [0.05, 0.1) is 5.71 Å². The molecule has 0 spiro atoms. The SMILES string of the molecule is CN=C(C)c1ccc(C)o1. The molecule has 0 aliphatic heterocycles.